The molecule has 0 aliphatic carbocycles. The fourth-order valence-electron chi connectivity index (χ4n) is 1.86. The van der Waals surface area contributed by atoms with Crippen molar-refractivity contribution in [3.8, 4) is 11.5 Å². The summed E-state index contributed by atoms with van der Waals surface area (Å²) in [5.74, 6) is 1.43. The van der Waals surface area contributed by atoms with E-state index in [1.165, 1.54) is 0 Å². The Morgan fingerprint density at radius 3 is 2.48 bits per heavy atom. The lowest BCUT2D eigenvalue weighted by Crippen LogP contribution is -2.10. The molecule has 0 saturated carbocycles. The van der Waals surface area contributed by atoms with Gasteiger partial charge in [0.1, 0.15) is 16.5 Å². The van der Waals surface area contributed by atoms with Crippen molar-refractivity contribution in [2.24, 2.45) is 5.73 Å². The van der Waals surface area contributed by atoms with Crippen LogP contribution in [0.1, 0.15) is 5.56 Å². The third kappa shape index (κ3) is 3.56. The topological polar surface area (TPSA) is 56.5 Å². The average Bonchev–Trinajstić information content (AvgIpc) is 2.46. The first-order valence-electron chi connectivity index (χ1n) is 6.13. The van der Waals surface area contributed by atoms with Gasteiger partial charge in [0.05, 0.1) is 24.9 Å². The molecule has 0 atom stereocenters. The predicted molar refractivity (Wildman–Crippen MR) is 90.2 cm³/mol. The molecule has 3 N–H and O–H groups in total. The normalized spacial score (nSPS) is 10.0. The number of hydrogen-bond acceptors (Lipinski definition) is 4. The highest BCUT2D eigenvalue weighted by atomic mass is 35.5. The van der Waals surface area contributed by atoms with Gasteiger partial charge in [-0.05, 0) is 30.3 Å². The molecule has 0 unspecified atom stereocenters. The molecule has 0 aliphatic heterocycles. The predicted octanol–water partition coefficient (Wildman–Crippen LogP) is 3.74. The zero-order chi connectivity index (χ0) is 15.4. The van der Waals surface area contributed by atoms with Crippen LogP contribution in [0.3, 0.4) is 0 Å². The van der Waals surface area contributed by atoms with Crippen molar-refractivity contribution >= 4 is 40.2 Å². The second-order valence-electron chi connectivity index (χ2n) is 4.25. The molecular weight excluding hydrogens is 308 g/mol. The van der Waals surface area contributed by atoms with Gasteiger partial charge < -0.3 is 20.5 Å². The van der Waals surface area contributed by atoms with E-state index in [0.29, 0.717) is 16.3 Å². The number of nitrogens with one attached hydrogen (secondary N) is 1. The highest BCUT2D eigenvalue weighted by Gasteiger charge is 2.08. The fourth-order valence-corrected chi connectivity index (χ4v) is 2.38. The van der Waals surface area contributed by atoms with E-state index in [4.69, 9.17) is 39.0 Å². The zero-order valence-corrected chi connectivity index (χ0v) is 13.2. The van der Waals surface area contributed by atoms with Crippen LogP contribution in [-0.2, 0) is 0 Å². The summed E-state index contributed by atoms with van der Waals surface area (Å²) in [6, 6.07) is 10.9. The van der Waals surface area contributed by atoms with Gasteiger partial charge >= 0.3 is 0 Å². The highest BCUT2D eigenvalue weighted by Crippen LogP contribution is 2.32. The molecule has 0 aromatic heterocycles. The lowest BCUT2D eigenvalue weighted by molar-refractivity contribution is 0.405. The summed E-state index contributed by atoms with van der Waals surface area (Å²) in [6.45, 7) is 0. The molecule has 0 aliphatic rings. The van der Waals surface area contributed by atoms with Crippen molar-refractivity contribution in [2.75, 3.05) is 19.5 Å². The third-order valence-electron chi connectivity index (χ3n) is 2.92. The van der Waals surface area contributed by atoms with E-state index in [0.717, 1.165) is 17.1 Å². The first-order valence-corrected chi connectivity index (χ1v) is 6.92. The van der Waals surface area contributed by atoms with E-state index in [9.17, 15) is 0 Å². The zero-order valence-electron chi connectivity index (χ0n) is 11.6. The Bertz CT molecular complexity index is 677. The van der Waals surface area contributed by atoms with E-state index in [2.05, 4.69) is 5.32 Å². The minimum Gasteiger partial charge on any atom is -0.497 e. The lowest BCUT2D eigenvalue weighted by atomic mass is 10.2. The quantitative estimate of drug-likeness (QED) is 0.821. The average molecular weight is 323 g/mol. The SMILES string of the molecule is COc1ccc(OC)c(Nc2ccc(C(N)=S)c(Cl)c2)c1. The van der Waals surface area contributed by atoms with E-state index >= 15 is 0 Å². The van der Waals surface area contributed by atoms with Gasteiger partial charge in [0.15, 0.2) is 0 Å². The maximum absolute atomic E-state index is 6.16. The summed E-state index contributed by atoms with van der Waals surface area (Å²) in [5.41, 5.74) is 7.81. The summed E-state index contributed by atoms with van der Waals surface area (Å²) in [7, 11) is 3.22. The van der Waals surface area contributed by atoms with Crippen LogP contribution >= 0.6 is 23.8 Å². The van der Waals surface area contributed by atoms with Gasteiger partial charge in [-0.15, -0.1) is 0 Å². The Morgan fingerprint density at radius 2 is 1.90 bits per heavy atom. The Hall–Kier alpha value is -1.98. The third-order valence-corrected chi connectivity index (χ3v) is 3.45. The van der Waals surface area contributed by atoms with Gasteiger partial charge in [-0.2, -0.15) is 0 Å². The number of anilines is 2. The molecule has 4 nitrogen and oxygen atoms in total. The minimum atomic E-state index is 0.269. The van der Waals surface area contributed by atoms with E-state index in [-0.39, 0.29) is 4.99 Å². The smallest absolute Gasteiger partial charge is 0.142 e. The van der Waals surface area contributed by atoms with E-state index in [1.807, 2.05) is 24.3 Å². The molecule has 0 spiro atoms. The Labute approximate surface area is 133 Å². The molecule has 2 aromatic rings. The van der Waals surface area contributed by atoms with Crippen LogP contribution in [0.25, 0.3) is 0 Å². The molecular formula is C15H15ClN2O2S. The van der Waals surface area contributed by atoms with Crippen molar-refractivity contribution in [1.82, 2.24) is 0 Å². The lowest BCUT2D eigenvalue weighted by Gasteiger charge is -2.13. The summed E-state index contributed by atoms with van der Waals surface area (Å²) in [4.78, 5) is 0.269. The number of nitrogens with two attached hydrogens (primary N) is 1. The van der Waals surface area contributed by atoms with Crippen LogP contribution < -0.4 is 20.5 Å². The van der Waals surface area contributed by atoms with Gasteiger partial charge in [-0.25, -0.2) is 0 Å². The van der Waals surface area contributed by atoms with Crippen LogP contribution in [0.5, 0.6) is 11.5 Å². The molecule has 0 heterocycles. The molecule has 6 heteroatoms. The Balaban J connectivity index is 2.33. The second-order valence-corrected chi connectivity index (χ2v) is 5.10. The van der Waals surface area contributed by atoms with E-state index in [1.54, 1.807) is 26.4 Å². The highest BCUT2D eigenvalue weighted by molar-refractivity contribution is 7.80. The second kappa shape index (κ2) is 6.65. The monoisotopic (exact) mass is 322 g/mol. The van der Waals surface area contributed by atoms with Gasteiger partial charge in [0, 0.05) is 17.3 Å². The first-order chi connectivity index (χ1) is 10.0. The minimum absolute atomic E-state index is 0.269. The standard InChI is InChI=1S/C15H15ClN2O2S/c1-19-10-4-6-14(20-2)13(8-10)18-9-3-5-11(15(17)21)12(16)7-9/h3-8,18H,1-2H3,(H2,17,21). The van der Waals surface area contributed by atoms with Crippen LogP contribution in [0.15, 0.2) is 36.4 Å². The van der Waals surface area contributed by atoms with Crippen LogP contribution in [0, 0.1) is 0 Å². The van der Waals surface area contributed by atoms with Crippen molar-refractivity contribution in [3.05, 3.63) is 47.0 Å². The number of thiocarbonyl (C=S) groups is 1. The number of benzene rings is 2. The summed E-state index contributed by atoms with van der Waals surface area (Å²) < 4.78 is 10.5. The van der Waals surface area contributed by atoms with Gasteiger partial charge in [0.2, 0.25) is 0 Å². The molecule has 0 fully saturated rings. The first kappa shape index (κ1) is 15.4. The van der Waals surface area contributed by atoms with Crippen molar-refractivity contribution in [2.45, 2.75) is 0 Å². The number of halogens is 1. The summed E-state index contributed by atoms with van der Waals surface area (Å²) >= 11 is 11.1. The molecule has 110 valence electrons. The van der Waals surface area contributed by atoms with Crippen molar-refractivity contribution < 1.29 is 9.47 Å². The number of methoxy groups -OCH3 is 2. The molecule has 2 aromatic carbocycles. The van der Waals surface area contributed by atoms with Crippen molar-refractivity contribution in [3.63, 3.8) is 0 Å². The number of hydrogen-bond donors (Lipinski definition) is 2. The molecule has 0 radical (unpaired) electrons. The maximum Gasteiger partial charge on any atom is 0.142 e. The molecule has 0 saturated heterocycles. The largest absolute Gasteiger partial charge is 0.497 e. The molecule has 21 heavy (non-hydrogen) atoms. The van der Waals surface area contributed by atoms with Gasteiger partial charge in [-0.1, -0.05) is 23.8 Å². The number of ether oxygens (including phenoxy) is 2. The molecule has 2 rings (SSSR count). The Morgan fingerprint density at radius 1 is 1.14 bits per heavy atom. The fraction of sp³-hybridized carbons (Fsp3) is 0.133. The molecule has 0 amide bonds. The Kier molecular flexibility index (Phi) is 4.88. The van der Waals surface area contributed by atoms with Gasteiger partial charge in [-0.3, -0.25) is 0 Å². The summed E-state index contributed by atoms with van der Waals surface area (Å²) in [6.07, 6.45) is 0. The molecule has 0 bridgehead atoms. The van der Waals surface area contributed by atoms with Crippen LogP contribution in [0.4, 0.5) is 11.4 Å². The van der Waals surface area contributed by atoms with Crippen LogP contribution in [0.2, 0.25) is 5.02 Å². The number of rotatable bonds is 5. The summed E-state index contributed by atoms with van der Waals surface area (Å²) in [5, 5.41) is 3.73. The van der Waals surface area contributed by atoms with Crippen molar-refractivity contribution in [1.29, 1.82) is 0 Å². The van der Waals surface area contributed by atoms with Crippen LogP contribution in [-0.4, -0.2) is 19.2 Å². The van der Waals surface area contributed by atoms with Gasteiger partial charge in [0.25, 0.3) is 0 Å². The van der Waals surface area contributed by atoms with E-state index < -0.39 is 0 Å². The maximum atomic E-state index is 6.16.